The minimum atomic E-state index is -0.247. The topological polar surface area (TPSA) is 20.2 Å². The Kier molecular flexibility index (Phi) is 2.67. The van der Waals surface area contributed by atoms with Crippen LogP contribution in [0.2, 0.25) is 0 Å². The maximum atomic E-state index is 10.3. The van der Waals surface area contributed by atoms with E-state index in [-0.39, 0.29) is 11.5 Å². The van der Waals surface area contributed by atoms with Crippen LogP contribution < -0.4 is 0 Å². The highest BCUT2D eigenvalue weighted by molar-refractivity contribution is 7.12. The van der Waals surface area contributed by atoms with Crippen molar-refractivity contribution in [2.24, 2.45) is 5.41 Å². The third-order valence-electron chi connectivity index (χ3n) is 3.44. The molecule has 78 valence electrons. The lowest BCUT2D eigenvalue weighted by Gasteiger charge is -2.29. The summed E-state index contributed by atoms with van der Waals surface area (Å²) in [6.45, 7) is 4.32. The minimum Gasteiger partial charge on any atom is -0.387 e. The third kappa shape index (κ3) is 1.73. The Morgan fingerprint density at radius 2 is 2.00 bits per heavy atom. The monoisotopic (exact) mass is 210 g/mol. The first-order valence-corrected chi connectivity index (χ1v) is 6.18. The Labute approximate surface area is 89.8 Å². The molecule has 1 heterocycles. The molecule has 1 aromatic heterocycles. The summed E-state index contributed by atoms with van der Waals surface area (Å²) in [5, 5.41) is 10.3. The number of aliphatic hydroxyl groups excluding tert-OH is 1. The zero-order valence-corrected chi connectivity index (χ0v) is 9.73. The van der Waals surface area contributed by atoms with Gasteiger partial charge in [0.2, 0.25) is 0 Å². The van der Waals surface area contributed by atoms with Crippen LogP contribution in [0.25, 0.3) is 0 Å². The van der Waals surface area contributed by atoms with Crippen LogP contribution in [0.1, 0.15) is 48.5 Å². The van der Waals surface area contributed by atoms with Gasteiger partial charge in [0, 0.05) is 9.75 Å². The fourth-order valence-corrected chi connectivity index (χ4v) is 3.44. The van der Waals surface area contributed by atoms with Gasteiger partial charge in [0.25, 0.3) is 0 Å². The average Bonchev–Trinajstić information content (AvgIpc) is 2.74. The van der Waals surface area contributed by atoms with Gasteiger partial charge >= 0.3 is 0 Å². The molecule has 1 nitrogen and oxygen atoms in total. The van der Waals surface area contributed by atoms with E-state index in [1.807, 2.05) is 0 Å². The van der Waals surface area contributed by atoms with E-state index in [1.165, 1.54) is 30.6 Å². The molecular formula is C12H18OS. The fraction of sp³-hybridized carbons (Fsp3) is 0.667. The molecule has 14 heavy (non-hydrogen) atoms. The molecule has 1 aromatic rings. The molecule has 1 aliphatic carbocycles. The molecule has 1 aliphatic rings. The van der Waals surface area contributed by atoms with E-state index in [0.717, 1.165) is 4.88 Å². The molecule has 2 heteroatoms. The highest BCUT2D eigenvalue weighted by atomic mass is 32.1. The van der Waals surface area contributed by atoms with Gasteiger partial charge in [-0.1, -0.05) is 19.8 Å². The fourth-order valence-electron chi connectivity index (χ4n) is 2.40. The Balaban J connectivity index is 2.18. The molecule has 0 aromatic carbocycles. The molecule has 1 fully saturated rings. The molecule has 0 amide bonds. The summed E-state index contributed by atoms with van der Waals surface area (Å²) in [6.07, 6.45) is 4.65. The van der Waals surface area contributed by atoms with E-state index in [0.29, 0.717) is 0 Å². The van der Waals surface area contributed by atoms with Crippen molar-refractivity contribution in [2.75, 3.05) is 0 Å². The van der Waals surface area contributed by atoms with Gasteiger partial charge in [-0.2, -0.15) is 0 Å². The summed E-state index contributed by atoms with van der Waals surface area (Å²) in [5.41, 5.74) is 0.136. The maximum absolute atomic E-state index is 10.3. The van der Waals surface area contributed by atoms with Gasteiger partial charge in [-0.05, 0) is 37.3 Å². The number of rotatable bonds is 2. The average molecular weight is 210 g/mol. The van der Waals surface area contributed by atoms with Crippen LogP contribution in [0.3, 0.4) is 0 Å². The van der Waals surface area contributed by atoms with Gasteiger partial charge in [0.15, 0.2) is 0 Å². The van der Waals surface area contributed by atoms with Crippen LogP contribution in [0, 0.1) is 12.3 Å². The largest absolute Gasteiger partial charge is 0.387 e. The Hall–Kier alpha value is -0.340. The van der Waals surface area contributed by atoms with Gasteiger partial charge in [0.1, 0.15) is 0 Å². The van der Waals surface area contributed by atoms with E-state index >= 15 is 0 Å². The second kappa shape index (κ2) is 3.67. The smallest absolute Gasteiger partial charge is 0.0935 e. The molecule has 0 radical (unpaired) electrons. The lowest BCUT2D eigenvalue weighted by Crippen LogP contribution is -2.20. The number of hydrogen-bond acceptors (Lipinski definition) is 2. The van der Waals surface area contributed by atoms with Gasteiger partial charge in [0.05, 0.1) is 6.10 Å². The van der Waals surface area contributed by atoms with Crippen molar-refractivity contribution in [2.45, 2.75) is 45.6 Å². The molecule has 1 saturated carbocycles. The van der Waals surface area contributed by atoms with Crippen LogP contribution in [0.4, 0.5) is 0 Å². The summed E-state index contributed by atoms with van der Waals surface area (Å²) in [6, 6.07) is 4.18. The standard InChI is InChI=1S/C12H18OS/c1-9-5-6-10(14-9)11(13)12(2)7-3-4-8-12/h5-6,11,13H,3-4,7-8H2,1-2H3. The van der Waals surface area contributed by atoms with Crippen molar-refractivity contribution in [1.29, 1.82) is 0 Å². The molecule has 2 rings (SSSR count). The molecule has 0 spiro atoms. The molecule has 0 bridgehead atoms. The number of hydrogen-bond donors (Lipinski definition) is 1. The van der Waals surface area contributed by atoms with Crippen LogP contribution in [-0.4, -0.2) is 5.11 Å². The van der Waals surface area contributed by atoms with E-state index in [2.05, 4.69) is 26.0 Å². The van der Waals surface area contributed by atoms with Crippen LogP contribution in [0.15, 0.2) is 12.1 Å². The molecule has 1 N–H and O–H groups in total. The Bertz CT molecular complexity index is 310. The SMILES string of the molecule is Cc1ccc(C(O)C2(C)CCCC2)s1. The van der Waals surface area contributed by atoms with Gasteiger partial charge < -0.3 is 5.11 Å². The summed E-state index contributed by atoms with van der Waals surface area (Å²) in [4.78, 5) is 2.44. The van der Waals surface area contributed by atoms with E-state index in [1.54, 1.807) is 11.3 Å². The second-order valence-corrected chi connectivity index (χ2v) is 6.03. The van der Waals surface area contributed by atoms with E-state index < -0.39 is 0 Å². The number of aliphatic hydroxyl groups is 1. The first kappa shape index (κ1) is 10.2. The zero-order valence-electron chi connectivity index (χ0n) is 8.92. The van der Waals surface area contributed by atoms with Gasteiger partial charge in [-0.3, -0.25) is 0 Å². The predicted molar refractivity (Wildman–Crippen MR) is 60.6 cm³/mol. The van der Waals surface area contributed by atoms with Crippen molar-refractivity contribution < 1.29 is 5.11 Å². The number of thiophene rings is 1. The quantitative estimate of drug-likeness (QED) is 0.789. The third-order valence-corrected chi connectivity index (χ3v) is 4.49. The van der Waals surface area contributed by atoms with Crippen molar-refractivity contribution in [3.8, 4) is 0 Å². The zero-order chi connectivity index (χ0) is 10.2. The first-order valence-electron chi connectivity index (χ1n) is 5.36. The van der Waals surface area contributed by atoms with Gasteiger partial charge in [-0.25, -0.2) is 0 Å². The molecule has 0 saturated heterocycles. The van der Waals surface area contributed by atoms with Crippen molar-refractivity contribution >= 4 is 11.3 Å². The summed E-state index contributed by atoms with van der Waals surface area (Å²) in [7, 11) is 0. The normalized spacial score (nSPS) is 22.5. The lowest BCUT2D eigenvalue weighted by molar-refractivity contribution is 0.0437. The van der Waals surface area contributed by atoms with E-state index in [4.69, 9.17) is 0 Å². The maximum Gasteiger partial charge on any atom is 0.0935 e. The van der Waals surface area contributed by atoms with Crippen molar-refractivity contribution in [3.05, 3.63) is 21.9 Å². The number of aryl methyl sites for hydroxylation is 1. The Morgan fingerprint density at radius 3 is 2.50 bits per heavy atom. The van der Waals surface area contributed by atoms with Crippen LogP contribution in [-0.2, 0) is 0 Å². The molecule has 1 unspecified atom stereocenters. The van der Waals surface area contributed by atoms with Crippen LogP contribution >= 0.6 is 11.3 Å². The molecule has 0 aliphatic heterocycles. The minimum absolute atomic E-state index is 0.136. The van der Waals surface area contributed by atoms with Gasteiger partial charge in [-0.15, -0.1) is 11.3 Å². The lowest BCUT2D eigenvalue weighted by atomic mass is 9.82. The summed E-state index contributed by atoms with van der Waals surface area (Å²) in [5.74, 6) is 0. The van der Waals surface area contributed by atoms with E-state index in [9.17, 15) is 5.11 Å². The summed E-state index contributed by atoms with van der Waals surface area (Å²) >= 11 is 1.73. The first-order chi connectivity index (χ1) is 6.62. The van der Waals surface area contributed by atoms with Crippen LogP contribution in [0.5, 0.6) is 0 Å². The highest BCUT2D eigenvalue weighted by Gasteiger charge is 2.37. The Morgan fingerprint density at radius 1 is 1.36 bits per heavy atom. The van der Waals surface area contributed by atoms with Crippen molar-refractivity contribution in [3.63, 3.8) is 0 Å². The molecular weight excluding hydrogens is 192 g/mol. The molecule has 1 atom stereocenters. The highest BCUT2D eigenvalue weighted by Crippen LogP contribution is 2.48. The summed E-state index contributed by atoms with van der Waals surface area (Å²) < 4.78 is 0. The predicted octanol–water partition coefficient (Wildman–Crippen LogP) is 3.67. The van der Waals surface area contributed by atoms with Crippen molar-refractivity contribution in [1.82, 2.24) is 0 Å². The second-order valence-electron chi connectivity index (χ2n) is 4.71.